The van der Waals surface area contributed by atoms with Crippen molar-refractivity contribution in [1.82, 2.24) is 9.97 Å². The third-order valence-electron chi connectivity index (χ3n) is 9.23. The second-order valence-electron chi connectivity index (χ2n) is 15.0. The van der Waals surface area contributed by atoms with Gasteiger partial charge in [-0.15, -0.1) is 71.8 Å². The van der Waals surface area contributed by atoms with Crippen molar-refractivity contribution in [2.45, 2.75) is 52.4 Å². The molecule has 0 aliphatic carbocycles. The Morgan fingerprint density at radius 1 is 0.462 bits per heavy atom. The Balaban J connectivity index is 0.00000464. The monoisotopic (exact) mass is 856 g/mol. The quantitative estimate of drug-likeness (QED) is 0.150. The molecule has 2 aromatic heterocycles. The molecular weight excluding hydrogens is 814 g/mol. The van der Waals surface area contributed by atoms with Gasteiger partial charge in [0.2, 0.25) is 0 Å². The number of anilines is 3. The molecule has 0 saturated heterocycles. The smallest absolute Gasteiger partial charge is 0.280 e. The third kappa shape index (κ3) is 7.86. The average molecular weight is 857 g/mol. The van der Waals surface area contributed by atoms with Gasteiger partial charge < -0.3 is 0 Å². The van der Waals surface area contributed by atoms with Crippen molar-refractivity contribution in [2.75, 3.05) is 4.90 Å². The average Bonchev–Trinajstić information content (AvgIpc) is 3.15. The van der Waals surface area contributed by atoms with Crippen molar-refractivity contribution >= 4 is 17.3 Å². The van der Waals surface area contributed by atoms with E-state index in [4.69, 9.17) is 9.97 Å². The Morgan fingerprint density at radius 2 is 0.865 bits per heavy atom. The molecule has 0 spiro atoms. The standard InChI is InChI=1S/C48H43N3.Pt/c1-47(2,3)38-31-39(48(4,5)6)33-40(32-38)51(43-29-27-41(34-19-11-7-12-20-34)45(49-43)36-23-15-9-16-24-36)44-30-28-42(35-21-13-8-14-22-35)46(50-44)37-25-17-10-18-26-37;/h7-23,25,27-33H,1-6H3;/q-2;+2. The van der Waals surface area contributed by atoms with E-state index in [1.165, 1.54) is 11.1 Å². The zero-order valence-corrected chi connectivity index (χ0v) is 32.9. The fourth-order valence-corrected chi connectivity index (χ4v) is 6.33. The van der Waals surface area contributed by atoms with E-state index < -0.39 is 0 Å². The van der Waals surface area contributed by atoms with Crippen LogP contribution in [0.4, 0.5) is 17.3 Å². The maximum Gasteiger partial charge on any atom is 2.00 e. The minimum absolute atomic E-state index is 0. The minimum atomic E-state index is -0.0782. The summed E-state index contributed by atoms with van der Waals surface area (Å²) >= 11 is 0. The molecule has 0 bridgehead atoms. The molecule has 0 amide bonds. The first-order valence-corrected chi connectivity index (χ1v) is 17.6. The molecule has 260 valence electrons. The van der Waals surface area contributed by atoms with Crippen LogP contribution in [0.5, 0.6) is 0 Å². The van der Waals surface area contributed by atoms with Crippen molar-refractivity contribution in [3.63, 3.8) is 0 Å². The predicted molar refractivity (Wildman–Crippen MR) is 214 cm³/mol. The second-order valence-corrected chi connectivity index (χ2v) is 15.0. The number of rotatable bonds is 7. The fraction of sp³-hybridized carbons (Fsp3) is 0.167. The Hall–Kier alpha value is -5.11. The fourth-order valence-electron chi connectivity index (χ4n) is 6.33. The Morgan fingerprint density at radius 3 is 1.23 bits per heavy atom. The van der Waals surface area contributed by atoms with Crippen LogP contribution in [-0.4, -0.2) is 9.97 Å². The maximum atomic E-state index is 5.49. The van der Waals surface area contributed by atoms with Gasteiger partial charge in [0.15, 0.2) is 0 Å². The molecule has 5 aromatic carbocycles. The van der Waals surface area contributed by atoms with E-state index >= 15 is 0 Å². The van der Waals surface area contributed by atoms with Crippen molar-refractivity contribution in [1.29, 1.82) is 0 Å². The van der Waals surface area contributed by atoms with Gasteiger partial charge in [-0.1, -0.05) is 120 Å². The van der Waals surface area contributed by atoms with Gasteiger partial charge in [0.1, 0.15) is 11.6 Å². The molecule has 0 unspecified atom stereocenters. The van der Waals surface area contributed by atoms with E-state index in [-0.39, 0.29) is 31.9 Å². The van der Waals surface area contributed by atoms with Gasteiger partial charge >= 0.3 is 21.1 Å². The molecule has 0 fully saturated rings. The molecule has 0 aliphatic heterocycles. The van der Waals surface area contributed by atoms with Crippen LogP contribution in [0.2, 0.25) is 0 Å². The van der Waals surface area contributed by atoms with Crippen LogP contribution in [0.15, 0.2) is 152 Å². The van der Waals surface area contributed by atoms with Crippen LogP contribution >= 0.6 is 0 Å². The minimum Gasteiger partial charge on any atom is -0.280 e. The summed E-state index contributed by atoms with van der Waals surface area (Å²) in [4.78, 5) is 13.2. The molecule has 0 radical (unpaired) electrons. The van der Waals surface area contributed by atoms with E-state index in [2.05, 4.69) is 162 Å². The zero-order valence-electron chi connectivity index (χ0n) is 30.6. The van der Waals surface area contributed by atoms with Gasteiger partial charge in [0.25, 0.3) is 0 Å². The molecule has 0 atom stereocenters. The molecule has 0 N–H and O–H groups in total. The molecule has 0 aliphatic rings. The van der Waals surface area contributed by atoms with Crippen LogP contribution < -0.4 is 4.90 Å². The maximum absolute atomic E-state index is 5.49. The zero-order chi connectivity index (χ0) is 35.6. The Labute approximate surface area is 323 Å². The molecule has 52 heavy (non-hydrogen) atoms. The summed E-state index contributed by atoms with van der Waals surface area (Å²) in [6.07, 6.45) is 0. The number of benzene rings is 5. The molecule has 7 aromatic rings. The Kier molecular flexibility index (Phi) is 10.7. The first-order valence-electron chi connectivity index (χ1n) is 17.6. The van der Waals surface area contributed by atoms with Gasteiger partial charge in [-0.05, 0) is 79.9 Å². The largest absolute Gasteiger partial charge is 2.00 e. The van der Waals surface area contributed by atoms with Gasteiger partial charge in [-0.2, -0.15) is 0 Å². The van der Waals surface area contributed by atoms with E-state index in [0.29, 0.717) is 0 Å². The van der Waals surface area contributed by atoms with Crippen molar-refractivity contribution in [3.8, 4) is 44.8 Å². The molecule has 2 heterocycles. The normalized spacial score (nSPS) is 11.5. The molecule has 0 saturated carbocycles. The topological polar surface area (TPSA) is 29.0 Å². The van der Waals surface area contributed by atoms with Gasteiger partial charge in [0, 0.05) is 5.69 Å². The summed E-state index contributed by atoms with van der Waals surface area (Å²) in [5, 5.41) is 0. The van der Waals surface area contributed by atoms with Crippen molar-refractivity contribution in [3.05, 3.63) is 175 Å². The first-order chi connectivity index (χ1) is 24.6. The summed E-state index contributed by atoms with van der Waals surface area (Å²) in [7, 11) is 0. The van der Waals surface area contributed by atoms with Gasteiger partial charge in [0.05, 0.1) is 0 Å². The number of hydrogen-bond donors (Lipinski definition) is 0. The van der Waals surface area contributed by atoms with E-state index in [1.54, 1.807) is 0 Å². The summed E-state index contributed by atoms with van der Waals surface area (Å²) in [6, 6.07) is 59.5. The predicted octanol–water partition coefficient (Wildman–Crippen LogP) is 12.8. The van der Waals surface area contributed by atoms with E-state index in [0.717, 1.165) is 62.1 Å². The van der Waals surface area contributed by atoms with Crippen LogP contribution in [0.1, 0.15) is 52.7 Å². The van der Waals surface area contributed by atoms with Crippen LogP contribution in [0.3, 0.4) is 0 Å². The van der Waals surface area contributed by atoms with E-state index in [9.17, 15) is 0 Å². The van der Waals surface area contributed by atoms with Gasteiger partial charge in [-0.3, -0.25) is 14.9 Å². The summed E-state index contributed by atoms with van der Waals surface area (Å²) < 4.78 is 0. The number of nitrogens with zero attached hydrogens (tertiary/aromatic N) is 3. The van der Waals surface area contributed by atoms with Crippen LogP contribution in [0, 0.1) is 12.1 Å². The van der Waals surface area contributed by atoms with Crippen LogP contribution in [-0.2, 0) is 31.9 Å². The van der Waals surface area contributed by atoms with Crippen molar-refractivity contribution < 1.29 is 21.1 Å². The summed E-state index contributed by atoms with van der Waals surface area (Å²) in [5.41, 5.74) is 11.3. The molecule has 3 nitrogen and oxygen atoms in total. The summed E-state index contributed by atoms with van der Waals surface area (Å²) in [6.45, 7) is 13.6. The van der Waals surface area contributed by atoms with Gasteiger partial charge in [-0.25, -0.2) is 0 Å². The molecular formula is C48H43N3Pt. The van der Waals surface area contributed by atoms with Crippen molar-refractivity contribution in [2.24, 2.45) is 0 Å². The number of hydrogen-bond acceptors (Lipinski definition) is 3. The van der Waals surface area contributed by atoms with Crippen LogP contribution in [0.25, 0.3) is 44.8 Å². The third-order valence-corrected chi connectivity index (χ3v) is 9.23. The first kappa shape index (κ1) is 36.7. The SMILES string of the molecule is CC(C)(C)c1cc(N(c2ccc(-c3ccccc3)c(-c3[c-]cccc3)n2)c2ccc(-c3ccccc3)c(-c3[c-]cccc3)n2)cc(C(C)(C)C)c1.[Pt+2]. The second kappa shape index (κ2) is 15.2. The summed E-state index contributed by atoms with van der Waals surface area (Å²) in [5.74, 6) is 1.55. The Bertz CT molecular complexity index is 2100. The van der Waals surface area contributed by atoms with E-state index in [1.807, 2.05) is 48.5 Å². The molecule has 4 heteroatoms. The number of aromatic nitrogens is 2. The molecule has 7 rings (SSSR count). The number of pyridine rings is 2.